The number of pyridine rings is 1. The van der Waals surface area contributed by atoms with Crippen LogP contribution in [-0.2, 0) is 21.1 Å². The second kappa shape index (κ2) is 20.4. The number of halogens is 2. The Bertz CT molecular complexity index is 1760. The molecular weight excluding hydrogens is 826 g/mol. The molecule has 49 heavy (non-hydrogen) atoms. The van der Waals surface area contributed by atoms with Gasteiger partial charge in [-0.1, -0.05) is 128 Å². The van der Waals surface area contributed by atoms with Crippen LogP contribution in [0.25, 0.3) is 11.3 Å². The first-order valence-corrected chi connectivity index (χ1v) is 18.9. The molecule has 0 aliphatic rings. The van der Waals surface area contributed by atoms with Crippen LogP contribution < -0.4 is 21.2 Å². The van der Waals surface area contributed by atoms with Gasteiger partial charge in [0.2, 0.25) is 0 Å². The van der Waals surface area contributed by atoms with Gasteiger partial charge in [0.25, 0.3) is 0 Å². The van der Waals surface area contributed by atoms with E-state index in [0.29, 0.717) is 5.69 Å². The van der Waals surface area contributed by atoms with Crippen molar-refractivity contribution in [3.8, 4) is 11.3 Å². The van der Waals surface area contributed by atoms with Gasteiger partial charge in [0.05, 0.1) is 24.4 Å². The molecule has 0 aliphatic heterocycles. The van der Waals surface area contributed by atoms with Crippen molar-refractivity contribution in [3.63, 3.8) is 0 Å². The van der Waals surface area contributed by atoms with Crippen LogP contribution in [0.5, 0.6) is 0 Å². The molecule has 0 fully saturated rings. The second-order valence-electron chi connectivity index (χ2n) is 10.8. The van der Waals surface area contributed by atoms with Crippen LogP contribution in [0.4, 0.5) is 8.78 Å². The van der Waals surface area contributed by atoms with Crippen molar-refractivity contribution in [1.29, 1.82) is 0 Å². The first-order valence-electron chi connectivity index (χ1n) is 15.6. The van der Waals surface area contributed by atoms with Gasteiger partial charge in [-0.2, -0.15) is 35.9 Å². The van der Waals surface area contributed by atoms with Gasteiger partial charge in [-0.05, 0) is 54.6 Å². The van der Waals surface area contributed by atoms with Crippen molar-refractivity contribution in [2.75, 3.05) is 5.90 Å². The SMILES string of the molecule is Cc1cc[c-]cc1.Fc1c[c-]c(-c2ccccn2)c(F)c1.[Pt+2].c1ccc(P(C[PH+](c2ccccc2)c2ccccc2)c2ccccc2)cc1. The number of aromatic nitrogens is 1. The van der Waals surface area contributed by atoms with E-state index >= 15 is 0 Å². The molecule has 7 rings (SSSR count). The van der Waals surface area contributed by atoms with E-state index in [4.69, 9.17) is 0 Å². The van der Waals surface area contributed by atoms with Gasteiger partial charge in [0, 0.05) is 17.8 Å². The Hall–Kier alpha value is -4.12. The number of nitrogens with zero attached hydrogens (tertiary/aromatic N) is 1. The van der Waals surface area contributed by atoms with E-state index in [0.717, 1.165) is 12.1 Å². The van der Waals surface area contributed by atoms with E-state index in [1.54, 1.807) is 24.4 Å². The third kappa shape index (κ3) is 11.8. The quantitative estimate of drug-likeness (QED) is 0.115. The maximum atomic E-state index is 13.2. The summed E-state index contributed by atoms with van der Waals surface area (Å²) < 4.78 is 25.8. The summed E-state index contributed by atoms with van der Waals surface area (Å²) in [6.07, 6.45) is 1.55. The maximum absolute atomic E-state index is 13.2. The van der Waals surface area contributed by atoms with Crippen LogP contribution in [0.3, 0.4) is 0 Å². The molecule has 1 nitrogen and oxygen atoms in total. The third-order valence-electron chi connectivity index (χ3n) is 7.36. The van der Waals surface area contributed by atoms with Crippen LogP contribution >= 0.6 is 15.8 Å². The average molecular weight is 862 g/mol. The Morgan fingerprint density at radius 2 is 1.12 bits per heavy atom. The average Bonchev–Trinajstić information content (AvgIpc) is 3.15. The van der Waals surface area contributed by atoms with Crippen LogP contribution in [0, 0.1) is 30.7 Å². The number of benzene rings is 6. The fourth-order valence-electron chi connectivity index (χ4n) is 4.96. The van der Waals surface area contributed by atoms with E-state index < -0.39 is 27.5 Å². The summed E-state index contributed by atoms with van der Waals surface area (Å²) in [5.74, 6) is -0.0759. The largest absolute Gasteiger partial charge is 2.00 e. The minimum Gasteiger partial charge on any atom is -0.305 e. The van der Waals surface area contributed by atoms with E-state index in [1.165, 1.54) is 32.7 Å². The molecule has 6 heteroatoms. The monoisotopic (exact) mass is 861 g/mol. The molecule has 1 heterocycles. The zero-order valence-corrected chi connectivity index (χ0v) is 31.2. The molecule has 0 N–H and O–H groups in total. The van der Waals surface area contributed by atoms with Gasteiger partial charge in [0.1, 0.15) is 0 Å². The van der Waals surface area contributed by atoms with E-state index in [2.05, 4.69) is 145 Å². The van der Waals surface area contributed by atoms with Gasteiger partial charge in [-0.3, -0.25) is 8.78 Å². The van der Waals surface area contributed by atoms with Crippen LogP contribution in [0.15, 0.2) is 182 Å². The topological polar surface area (TPSA) is 12.9 Å². The molecule has 0 amide bonds. The summed E-state index contributed by atoms with van der Waals surface area (Å²) in [4.78, 5) is 3.95. The van der Waals surface area contributed by atoms with Crippen molar-refractivity contribution >= 4 is 37.1 Å². The summed E-state index contributed by atoms with van der Waals surface area (Å²) in [6, 6.07) is 64.6. The normalized spacial score (nSPS) is 10.2. The summed E-state index contributed by atoms with van der Waals surface area (Å²) in [5, 5.41) is 5.92. The van der Waals surface area contributed by atoms with Gasteiger partial charge >= 0.3 is 21.1 Å². The molecule has 7 aromatic rings. The van der Waals surface area contributed by atoms with Crippen molar-refractivity contribution in [1.82, 2.24) is 4.98 Å². The van der Waals surface area contributed by atoms with E-state index in [9.17, 15) is 8.78 Å². The second-order valence-corrected chi connectivity index (χ2v) is 16.1. The summed E-state index contributed by atoms with van der Waals surface area (Å²) in [5.41, 5.74) is 1.93. The zero-order chi connectivity index (χ0) is 33.4. The van der Waals surface area contributed by atoms with Gasteiger partial charge in [-0.15, -0.1) is 12.1 Å². The van der Waals surface area contributed by atoms with Crippen LogP contribution in [-0.4, -0.2) is 10.9 Å². The Labute approximate surface area is 305 Å². The van der Waals surface area contributed by atoms with Crippen molar-refractivity contribution in [3.05, 3.63) is 211 Å². The van der Waals surface area contributed by atoms with Crippen molar-refractivity contribution in [2.45, 2.75) is 6.92 Å². The summed E-state index contributed by atoms with van der Waals surface area (Å²) in [7, 11) is -1.26. The molecule has 0 unspecified atom stereocenters. The molecule has 0 aliphatic carbocycles. The first-order chi connectivity index (χ1) is 23.6. The Morgan fingerprint density at radius 1 is 0.633 bits per heavy atom. The Morgan fingerprint density at radius 3 is 1.55 bits per heavy atom. The number of aryl methyl sites for hydroxylation is 1. The minimum absolute atomic E-state index is 0. The maximum Gasteiger partial charge on any atom is 2.00 e. The minimum atomic E-state index is -0.864. The molecule has 0 radical (unpaired) electrons. The molecule has 0 saturated heterocycles. The molecule has 0 atom stereocenters. The number of rotatable bonds is 7. The molecule has 0 saturated carbocycles. The van der Waals surface area contributed by atoms with Crippen molar-refractivity contribution in [2.24, 2.45) is 0 Å². The molecule has 1 aromatic heterocycles. The molecule has 0 spiro atoms. The molecular formula is C43H36F2NP2Pt+. The Balaban J connectivity index is 0.000000204. The fourth-order valence-corrected chi connectivity index (χ4v) is 12.0. The van der Waals surface area contributed by atoms with E-state index in [-0.39, 0.29) is 26.6 Å². The van der Waals surface area contributed by atoms with Gasteiger partial charge in [-0.25, -0.2) is 0 Å². The first kappa shape index (κ1) is 37.7. The third-order valence-corrected chi connectivity index (χ3v) is 13.8. The number of hydrogen-bond donors (Lipinski definition) is 0. The van der Waals surface area contributed by atoms with Crippen molar-refractivity contribution < 1.29 is 29.8 Å². The molecule has 246 valence electrons. The number of hydrogen-bond acceptors (Lipinski definition) is 1. The predicted molar refractivity (Wildman–Crippen MR) is 203 cm³/mol. The van der Waals surface area contributed by atoms with E-state index in [1.807, 2.05) is 24.3 Å². The molecule has 6 aromatic carbocycles. The standard InChI is InChI=1S/C25H22P2.C11H6F2N.C7H7.Pt/c1-5-13-22(14-6-1)26(23-15-7-2-8-16-23)21-27(24-17-9-3-10-18-24)25-19-11-4-12-20-25;12-8-4-5-9(10(13)7-8)11-3-1-2-6-14-11;1-7-5-3-2-4-6-7;/h1-20H,21H2;1-4,6-7H;3-6H,1H3;/q;2*-1;+2/p+1. The summed E-state index contributed by atoms with van der Waals surface area (Å²) >= 11 is 0. The summed E-state index contributed by atoms with van der Waals surface area (Å²) in [6.45, 7) is 2.06. The van der Waals surface area contributed by atoms with Crippen LogP contribution in [0.2, 0.25) is 0 Å². The molecule has 0 bridgehead atoms. The zero-order valence-electron chi connectivity index (χ0n) is 27.0. The van der Waals surface area contributed by atoms with Gasteiger partial charge < -0.3 is 4.98 Å². The Kier molecular flexibility index (Phi) is 15.7. The smallest absolute Gasteiger partial charge is 0.305 e. The predicted octanol–water partition coefficient (Wildman–Crippen LogP) is 9.56. The fraction of sp³-hybridized carbons (Fsp3) is 0.0465. The van der Waals surface area contributed by atoms with Gasteiger partial charge in [0.15, 0.2) is 0 Å². The van der Waals surface area contributed by atoms with Crippen LogP contribution in [0.1, 0.15) is 5.56 Å².